The van der Waals surface area contributed by atoms with Gasteiger partial charge in [0.25, 0.3) is 5.91 Å². The van der Waals surface area contributed by atoms with Crippen LogP contribution in [0.5, 0.6) is 11.5 Å². The highest BCUT2D eigenvalue weighted by atomic mass is 32.2. The van der Waals surface area contributed by atoms with Crippen LogP contribution in [0.15, 0.2) is 72.8 Å². The highest BCUT2D eigenvalue weighted by Crippen LogP contribution is 2.29. The fraction of sp³-hybridized carbons (Fsp3) is 0.136. The van der Waals surface area contributed by atoms with Gasteiger partial charge in [0.2, 0.25) is 10.0 Å². The Morgan fingerprint density at radius 2 is 1.57 bits per heavy atom. The summed E-state index contributed by atoms with van der Waals surface area (Å²) in [6, 6.07) is 21.0. The van der Waals surface area contributed by atoms with Crippen molar-refractivity contribution in [3.63, 3.8) is 0 Å². The zero-order chi connectivity index (χ0) is 21.6. The second-order valence-electron chi connectivity index (χ2n) is 6.55. The number of rotatable bonds is 8. The molecule has 30 heavy (non-hydrogen) atoms. The second kappa shape index (κ2) is 9.32. The molecule has 1 amide bonds. The standard InChI is InChI=1S/C22H22N2O5S/c1-28-21-14-17(8-13-20(21)29-15-16-6-4-3-5-7-16)22(25)23-18-9-11-19(12-10-18)24-30(2,26)27/h3-14,24H,15H2,1-2H3,(H,23,25). The Kier molecular flexibility index (Phi) is 6.58. The first-order valence-electron chi connectivity index (χ1n) is 9.08. The van der Waals surface area contributed by atoms with Gasteiger partial charge in [-0.05, 0) is 48.0 Å². The molecule has 3 aromatic carbocycles. The van der Waals surface area contributed by atoms with E-state index in [1.165, 1.54) is 7.11 Å². The summed E-state index contributed by atoms with van der Waals surface area (Å²) in [5.74, 6) is 0.659. The van der Waals surface area contributed by atoms with Gasteiger partial charge in [-0.15, -0.1) is 0 Å². The molecule has 0 aliphatic heterocycles. The Morgan fingerprint density at radius 3 is 2.20 bits per heavy atom. The molecule has 0 radical (unpaired) electrons. The summed E-state index contributed by atoms with van der Waals surface area (Å²) in [6.07, 6.45) is 1.07. The molecule has 0 atom stereocenters. The third-order valence-electron chi connectivity index (χ3n) is 4.11. The van der Waals surface area contributed by atoms with Crippen LogP contribution in [0.4, 0.5) is 11.4 Å². The minimum Gasteiger partial charge on any atom is -0.493 e. The molecule has 0 saturated carbocycles. The van der Waals surface area contributed by atoms with Gasteiger partial charge in [0, 0.05) is 16.9 Å². The fourth-order valence-corrected chi connectivity index (χ4v) is 3.27. The van der Waals surface area contributed by atoms with E-state index in [-0.39, 0.29) is 5.91 Å². The van der Waals surface area contributed by atoms with E-state index in [1.807, 2.05) is 30.3 Å². The first-order chi connectivity index (χ1) is 14.3. The summed E-state index contributed by atoms with van der Waals surface area (Å²) in [5.41, 5.74) is 2.37. The van der Waals surface area contributed by atoms with Crippen LogP contribution in [0, 0.1) is 0 Å². The molecule has 2 N–H and O–H groups in total. The van der Waals surface area contributed by atoms with E-state index in [4.69, 9.17) is 9.47 Å². The molecule has 0 heterocycles. The van der Waals surface area contributed by atoms with Gasteiger partial charge < -0.3 is 14.8 Å². The van der Waals surface area contributed by atoms with Crippen molar-refractivity contribution in [3.8, 4) is 11.5 Å². The van der Waals surface area contributed by atoms with Crippen LogP contribution < -0.4 is 19.5 Å². The largest absolute Gasteiger partial charge is 0.493 e. The SMILES string of the molecule is COc1cc(C(=O)Nc2ccc(NS(C)(=O)=O)cc2)ccc1OCc1ccccc1. The monoisotopic (exact) mass is 426 g/mol. The summed E-state index contributed by atoms with van der Waals surface area (Å²) in [4.78, 5) is 12.6. The molecular formula is C22H22N2O5S. The maximum atomic E-state index is 12.6. The number of carbonyl (C=O) groups excluding carboxylic acids is 1. The molecule has 0 aliphatic rings. The van der Waals surface area contributed by atoms with E-state index >= 15 is 0 Å². The van der Waals surface area contributed by atoms with Crippen molar-refractivity contribution in [2.75, 3.05) is 23.4 Å². The van der Waals surface area contributed by atoms with Gasteiger partial charge >= 0.3 is 0 Å². The topological polar surface area (TPSA) is 93.7 Å². The van der Waals surface area contributed by atoms with Crippen molar-refractivity contribution in [2.24, 2.45) is 0 Å². The number of anilines is 2. The van der Waals surface area contributed by atoms with Gasteiger partial charge in [-0.25, -0.2) is 8.42 Å². The molecule has 0 spiro atoms. The summed E-state index contributed by atoms with van der Waals surface area (Å²) in [6.45, 7) is 0.386. The average Bonchev–Trinajstić information content (AvgIpc) is 2.73. The summed E-state index contributed by atoms with van der Waals surface area (Å²) in [7, 11) is -1.84. The third-order valence-corrected chi connectivity index (χ3v) is 4.72. The number of carbonyl (C=O) groups is 1. The molecule has 0 aliphatic carbocycles. The second-order valence-corrected chi connectivity index (χ2v) is 8.29. The molecule has 0 aromatic heterocycles. The molecule has 0 fully saturated rings. The van der Waals surface area contributed by atoms with Crippen molar-refractivity contribution in [3.05, 3.63) is 83.9 Å². The first-order valence-corrected chi connectivity index (χ1v) is 11.0. The third kappa shape index (κ3) is 5.99. The highest BCUT2D eigenvalue weighted by Gasteiger charge is 2.12. The number of amides is 1. The quantitative estimate of drug-likeness (QED) is 0.570. The minimum absolute atomic E-state index is 0.327. The Labute approximate surface area is 175 Å². The van der Waals surface area contributed by atoms with Crippen LogP contribution >= 0.6 is 0 Å². The van der Waals surface area contributed by atoms with Crippen LogP contribution in [0.1, 0.15) is 15.9 Å². The Balaban J connectivity index is 1.67. The lowest BCUT2D eigenvalue weighted by atomic mass is 10.1. The van der Waals surface area contributed by atoms with Gasteiger partial charge in [0.15, 0.2) is 11.5 Å². The highest BCUT2D eigenvalue weighted by molar-refractivity contribution is 7.92. The maximum Gasteiger partial charge on any atom is 0.255 e. The average molecular weight is 426 g/mol. The zero-order valence-electron chi connectivity index (χ0n) is 16.6. The predicted octanol–water partition coefficient (Wildman–Crippen LogP) is 3.90. The normalized spacial score (nSPS) is 10.9. The molecule has 156 valence electrons. The number of hydrogen-bond acceptors (Lipinski definition) is 5. The molecule has 0 unspecified atom stereocenters. The number of methoxy groups -OCH3 is 1. The van der Waals surface area contributed by atoms with Gasteiger partial charge in [0.1, 0.15) is 6.61 Å². The molecule has 3 rings (SSSR count). The van der Waals surface area contributed by atoms with Gasteiger partial charge in [-0.3, -0.25) is 9.52 Å². The van der Waals surface area contributed by atoms with Gasteiger partial charge in [-0.1, -0.05) is 30.3 Å². The number of nitrogens with one attached hydrogen (secondary N) is 2. The maximum absolute atomic E-state index is 12.6. The lowest BCUT2D eigenvalue weighted by molar-refractivity contribution is 0.102. The van der Waals surface area contributed by atoms with Crippen molar-refractivity contribution >= 4 is 27.3 Å². The van der Waals surface area contributed by atoms with Crippen molar-refractivity contribution in [1.29, 1.82) is 0 Å². The molecular weight excluding hydrogens is 404 g/mol. The van der Waals surface area contributed by atoms with Crippen LogP contribution in [0.3, 0.4) is 0 Å². The Morgan fingerprint density at radius 1 is 0.900 bits per heavy atom. The first kappa shape index (κ1) is 21.2. The molecule has 0 bridgehead atoms. The van der Waals surface area contributed by atoms with Crippen LogP contribution in [-0.4, -0.2) is 27.7 Å². The van der Waals surface area contributed by atoms with E-state index in [1.54, 1.807) is 42.5 Å². The number of benzene rings is 3. The zero-order valence-corrected chi connectivity index (χ0v) is 17.4. The number of ether oxygens (including phenoxy) is 2. The fourth-order valence-electron chi connectivity index (χ4n) is 2.70. The van der Waals surface area contributed by atoms with Crippen molar-refractivity contribution in [1.82, 2.24) is 0 Å². The number of sulfonamides is 1. The Bertz CT molecular complexity index is 1110. The van der Waals surface area contributed by atoms with Crippen LogP contribution in [-0.2, 0) is 16.6 Å². The van der Waals surface area contributed by atoms with Crippen LogP contribution in [0.2, 0.25) is 0 Å². The lowest BCUT2D eigenvalue weighted by Crippen LogP contribution is -2.13. The van der Waals surface area contributed by atoms with E-state index in [9.17, 15) is 13.2 Å². The smallest absolute Gasteiger partial charge is 0.255 e. The van der Waals surface area contributed by atoms with Crippen LogP contribution in [0.25, 0.3) is 0 Å². The van der Waals surface area contributed by atoms with E-state index in [0.29, 0.717) is 35.0 Å². The summed E-state index contributed by atoms with van der Waals surface area (Å²) < 4.78 is 36.1. The van der Waals surface area contributed by atoms with Gasteiger partial charge in [0.05, 0.1) is 13.4 Å². The van der Waals surface area contributed by atoms with Crippen molar-refractivity contribution < 1.29 is 22.7 Å². The van der Waals surface area contributed by atoms with E-state index in [0.717, 1.165) is 11.8 Å². The molecule has 7 nitrogen and oxygen atoms in total. The predicted molar refractivity (Wildman–Crippen MR) is 117 cm³/mol. The van der Waals surface area contributed by atoms with E-state index in [2.05, 4.69) is 10.0 Å². The summed E-state index contributed by atoms with van der Waals surface area (Å²) in [5, 5.41) is 2.76. The Hall–Kier alpha value is -3.52. The molecule has 8 heteroatoms. The summed E-state index contributed by atoms with van der Waals surface area (Å²) >= 11 is 0. The number of hydrogen-bond donors (Lipinski definition) is 2. The lowest BCUT2D eigenvalue weighted by Gasteiger charge is -2.13. The minimum atomic E-state index is -3.35. The van der Waals surface area contributed by atoms with E-state index < -0.39 is 10.0 Å². The molecule has 0 saturated heterocycles. The molecule has 3 aromatic rings. The van der Waals surface area contributed by atoms with Crippen molar-refractivity contribution in [2.45, 2.75) is 6.61 Å². The van der Waals surface area contributed by atoms with Gasteiger partial charge in [-0.2, -0.15) is 0 Å².